The Balaban J connectivity index is 0.000000470. The Bertz CT molecular complexity index is 1570. The third-order valence-electron chi connectivity index (χ3n) is 8.99. The maximum Gasteiger partial charge on any atom is 0.410 e. The van der Waals surface area contributed by atoms with E-state index in [4.69, 9.17) is 10.5 Å². The van der Waals surface area contributed by atoms with Crippen LogP contribution in [0, 0.1) is 0 Å². The van der Waals surface area contributed by atoms with Crippen LogP contribution >= 0.6 is 0 Å². The zero-order chi connectivity index (χ0) is 35.2. The van der Waals surface area contributed by atoms with Crippen molar-refractivity contribution in [3.8, 4) is 0 Å². The fourth-order valence-electron chi connectivity index (χ4n) is 6.45. The highest BCUT2D eigenvalue weighted by Crippen LogP contribution is 2.43. The van der Waals surface area contributed by atoms with Crippen molar-refractivity contribution in [2.24, 2.45) is 4.99 Å². The number of hydrogen-bond acceptors (Lipinski definition) is 6. The highest BCUT2D eigenvalue weighted by atomic mass is 16.6. The molecule has 0 unspecified atom stereocenters. The summed E-state index contributed by atoms with van der Waals surface area (Å²) in [6.45, 7) is 14.7. The molecule has 2 fully saturated rings. The molecular formula is C41H51N5O3. The van der Waals surface area contributed by atoms with Gasteiger partial charge in [-0.15, -0.1) is 0 Å². The number of carbonyl (C=O) groups is 2. The van der Waals surface area contributed by atoms with Gasteiger partial charge in [-0.1, -0.05) is 92.7 Å². The largest absolute Gasteiger partial charge is 0.447 e. The molecule has 258 valence electrons. The van der Waals surface area contributed by atoms with E-state index in [1.165, 1.54) is 11.1 Å². The SMILES string of the molecule is C=Nc1ccccc1.CC.CC(C)OC(=O)N1CCN(C(=O)c2ccc(N3CCC(c4ccccc4)(c4ccccc4)CC3)c(N)c2)CC1. The Morgan fingerprint density at radius 2 is 1.22 bits per heavy atom. The fourth-order valence-corrected chi connectivity index (χ4v) is 6.45. The molecule has 0 aromatic heterocycles. The van der Waals surface area contributed by atoms with E-state index in [0.29, 0.717) is 37.4 Å². The molecule has 2 amide bonds. The topological polar surface area (TPSA) is 91.5 Å². The zero-order valence-electron chi connectivity index (χ0n) is 29.4. The van der Waals surface area contributed by atoms with Gasteiger partial charge in [-0.3, -0.25) is 9.79 Å². The molecule has 0 bridgehead atoms. The molecule has 2 aliphatic rings. The number of nitrogen functional groups attached to an aromatic ring is 1. The van der Waals surface area contributed by atoms with Crippen LogP contribution in [0.25, 0.3) is 0 Å². The number of piperazine rings is 1. The molecular weight excluding hydrogens is 610 g/mol. The molecule has 0 saturated carbocycles. The summed E-state index contributed by atoms with van der Waals surface area (Å²) < 4.78 is 5.28. The summed E-state index contributed by atoms with van der Waals surface area (Å²) in [5.74, 6) is -0.0593. The Morgan fingerprint density at radius 1 is 0.735 bits per heavy atom. The molecule has 0 atom stereocenters. The van der Waals surface area contributed by atoms with Crippen LogP contribution in [0.4, 0.5) is 21.9 Å². The van der Waals surface area contributed by atoms with E-state index in [1.807, 2.05) is 70.2 Å². The van der Waals surface area contributed by atoms with Crippen LogP contribution in [0.1, 0.15) is 62.0 Å². The number of amides is 2. The number of nitrogens with zero attached hydrogens (tertiary/aromatic N) is 4. The van der Waals surface area contributed by atoms with Crippen molar-refractivity contribution in [3.63, 3.8) is 0 Å². The van der Waals surface area contributed by atoms with E-state index in [1.54, 1.807) is 15.9 Å². The highest BCUT2D eigenvalue weighted by Gasteiger charge is 2.38. The van der Waals surface area contributed by atoms with Crippen molar-refractivity contribution in [1.29, 1.82) is 0 Å². The van der Waals surface area contributed by atoms with Crippen molar-refractivity contribution in [2.45, 2.75) is 52.1 Å². The summed E-state index contributed by atoms with van der Waals surface area (Å²) in [6, 6.07) is 36.9. The Kier molecular flexibility index (Phi) is 13.4. The van der Waals surface area contributed by atoms with Crippen LogP contribution in [0.5, 0.6) is 0 Å². The molecule has 2 N–H and O–H groups in total. The monoisotopic (exact) mass is 661 g/mol. The van der Waals surface area contributed by atoms with Crippen LogP contribution < -0.4 is 10.6 Å². The quantitative estimate of drug-likeness (QED) is 0.166. The average molecular weight is 662 g/mol. The number of rotatable bonds is 6. The van der Waals surface area contributed by atoms with E-state index < -0.39 is 0 Å². The van der Waals surface area contributed by atoms with E-state index in [2.05, 4.69) is 77.3 Å². The Hall–Kier alpha value is -5.11. The van der Waals surface area contributed by atoms with Gasteiger partial charge in [-0.25, -0.2) is 4.79 Å². The first-order chi connectivity index (χ1) is 23.8. The van der Waals surface area contributed by atoms with Crippen LogP contribution in [0.15, 0.2) is 114 Å². The molecule has 0 spiro atoms. The number of carbonyl (C=O) groups excluding carboxylic acids is 2. The van der Waals surface area contributed by atoms with Crippen LogP contribution in [0.2, 0.25) is 0 Å². The van der Waals surface area contributed by atoms with Gasteiger partial charge >= 0.3 is 6.09 Å². The van der Waals surface area contributed by atoms with Gasteiger partial charge in [-0.05, 0) is 74.9 Å². The lowest BCUT2D eigenvalue weighted by Crippen LogP contribution is -2.51. The number of para-hydroxylation sites is 1. The minimum atomic E-state index is -0.323. The second-order valence-electron chi connectivity index (χ2n) is 12.3. The smallest absolute Gasteiger partial charge is 0.410 e. The minimum absolute atomic E-state index is 0.0343. The Labute approximate surface area is 292 Å². The molecule has 8 heteroatoms. The average Bonchev–Trinajstić information content (AvgIpc) is 3.16. The molecule has 8 nitrogen and oxygen atoms in total. The van der Waals surface area contributed by atoms with Gasteiger partial charge in [0.15, 0.2) is 0 Å². The number of nitrogens with two attached hydrogens (primary N) is 1. The molecule has 4 aromatic rings. The van der Waals surface area contributed by atoms with Gasteiger partial charge in [0, 0.05) is 50.2 Å². The summed E-state index contributed by atoms with van der Waals surface area (Å²) in [5, 5.41) is 0. The third-order valence-corrected chi connectivity index (χ3v) is 8.99. The lowest BCUT2D eigenvalue weighted by molar-refractivity contribution is 0.0476. The number of ether oxygens (including phenoxy) is 1. The molecule has 4 aromatic carbocycles. The van der Waals surface area contributed by atoms with Crippen molar-refractivity contribution in [1.82, 2.24) is 9.80 Å². The molecule has 2 aliphatic heterocycles. The van der Waals surface area contributed by atoms with Gasteiger partial charge in [0.05, 0.1) is 23.2 Å². The second kappa shape index (κ2) is 17.9. The number of benzene rings is 4. The maximum absolute atomic E-state index is 13.2. The first-order valence-corrected chi connectivity index (χ1v) is 17.3. The Morgan fingerprint density at radius 3 is 1.67 bits per heavy atom. The second-order valence-corrected chi connectivity index (χ2v) is 12.3. The number of hydrogen-bond donors (Lipinski definition) is 1. The fraction of sp³-hybridized carbons (Fsp3) is 0.341. The van der Waals surface area contributed by atoms with Crippen molar-refractivity contribution >= 4 is 35.8 Å². The van der Waals surface area contributed by atoms with Crippen LogP contribution in [-0.4, -0.2) is 73.9 Å². The predicted octanol–water partition coefficient (Wildman–Crippen LogP) is 8.20. The normalized spacial score (nSPS) is 15.2. The highest BCUT2D eigenvalue weighted by molar-refractivity contribution is 5.96. The standard InChI is InChI=1S/C32H38N4O3.C7H7N.C2H6/c1-24(2)39-31(38)36-21-19-35(20-22-36)30(37)25-13-14-29(28(33)23-25)34-17-15-32(16-18-34,26-9-5-3-6-10-26)27-11-7-4-8-12-27;1-8-7-5-3-2-4-6-7;1-2/h3-14,23-24H,15-22,33H2,1-2H3;2-6H,1H2;1-2H3. The molecule has 0 aliphatic carbocycles. The van der Waals surface area contributed by atoms with Gasteiger partial charge in [0.25, 0.3) is 5.91 Å². The van der Waals surface area contributed by atoms with Crippen molar-refractivity contribution in [3.05, 3.63) is 126 Å². The molecule has 2 heterocycles. The minimum Gasteiger partial charge on any atom is -0.447 e. The van der Waals surface area contributed by atoms with E-state index in [9.17, 15) is 9.59 Å². The van der Waals surface area contributed by atoms with Gasteiger partial charge in [0.2, 0.25) is 0 Å². The van der Waals surface area contributed by atoms with E-state index in [0.717, 1.165) is 37.3 Å². The number of piperidine rings is 1. The van der Waals surface area contributed by atoms with E-state index in [-0.39, 0.29) is 23.5 Å². The summed E-state index contributed by atoms with van der Waals surface area (Å²) in [4.78, 5) is 34.9. The molecule has 2 saturated heterocycles. The number of aliphatic imine (C=N–C) groups is 1. The van der Waals surface area contributed by atoms with E-state index >= 15 is 0 Å². The van der Waals surface area contributed by atoms with Crippen LogP contribution in [0.3, 0.4) is 0 Å². The van der Waals surface area contributed by atoms with Gasteiger partial charge in [-0.2, -0.15) is 0 Å². The van der Waals surface area contributed by atoms with Crippen molar-refractivity contribution in [2.75, 3.05) is 49.9 Å². The maximum atomic E-state index is 13.2. The van der Waals surface area contributed by atoms with Crippen LogP contribution in [-0.2, 0) is 10.2 Å². The predicted molar refractivity (Wildman–Crippen MR) is 202 cm³/mol. The molecule has 6 rings (SSSR count). The summed E-state index contributed by atoms with van der Waals surface area (Å²) >= 11 is 0. The summed E-state index contributed by atoms with van der Waals surface area (Å²) in [5.41, 5.74) is 12.3. The zero-order valence-corrected chi connectivity index (χ0v) is 29.4. The molecule has 0 radical (unpaired) electrons. The lowest BCUT2D eigenvalue weighted by Gasteiger charge is -2.44. The van der Waals surface area contributed by atoms with Gasteiger partial charge in [0.1, 0.15) is 0 Å². The lowest BCUT2D eigenvalue weighted by atomic mass is 9.68. The third kappa shape index (κ3) is 9.28. The first-order valence-electron chi connectivity index (χ1n) is 17.3. The first kappa shape index (κ1) is 36.7. The summed E-state index contributed by atoms with van der Waals surface area (Å²) in [7, 11) is 0. The van der Waals surface area contributed by atoms with Gasteiger partial charge < -0.3 is 25.2 Å². The summed E-state index contributed by atoms with van der Waals surface area (Å²) in [6.07, 6.45) is 1.47. The molecule has 49 heavy (non-hydrogen) atoms. The number of anilines is 2. The van der Waals surface area contributed by atoms with Crippen molar-refractivity contribution < 1.29 is 14.3 Å².